The lowest BCUT2D eigenvalue weighted by Crippen LogP contribution is -1.94. The van der Waals surface area contributed by atoms with Crippen molar-refractivity contribution in [2.75, 3.05) is 5.73 Å². The van der Waals surface area contributed by atoms with E-state index in [1.54, 1.807) is 0 Å². The number of aryl methyl sites for hydroxylation is 1. The SMILES string of the molecule is Cc1c(N)nn(C)c1-c1ccccc1. The van der Waals surface area contributed by atoms with Gasteiger partial charge in [0.15, 0.2) is 0 Å². The van der Waals surface area contributed by atoms with Crippen LogP contribution in [0.25, 0.3) is 11.3 Å². The summed E-state index contributed by atoms with van der Waals surface area (Å²) in [7, 11) is 1.91. The standard InChI is InChI=1S/C11H13N3/c1-8-10(14(2)13-11(8)12)9-6-4-3-5-7-9/h3-7H,1-2H3,(H2,12,13). The molecule has 0 aliphatic heterocycles. The number of hydrogen-bond acceptors (Lipinski definition) is 2. The third kappa shape index (κ3) is 1.27. The lowest BCUT2D eigenvalue weighted by molar-refractivity contribution is 0.780. The van der Waals surface area contributed by atoms with Gasteiger partial charge in [0.05, 0.1) is 5.69 Å². The summed E-state index contributed by atoms with van der Waals surface area (Å²) >= 11 is 0. The Hall–Kier alpha value is -1.77. The highest BCUT2D eigenvalue weighted by Crippen LogP contribution is 2.25. The third-order valence-electron chi connectivity index (χ3n) is 2.37. The molecule has 2 rings (SSSR count). The van der Waals surface area contributed by atoms with E-state index in [2.05, 4.69) is 17.2 Å². The van der Waals surface area contributed by atoms with Crippen LogP contribution in [0.4, 0.5) is 5.82 Å². The molecular weight excluding hydrogens is 174 g/mol. The van der Waals surface area contributed by atoms with Crippen LogP contribution in [0.5, 0.6) is 0 Å². The zero-order valence-electron chi connectivity index (χ0n) is 8.36. The first-order valence-corrected chi connectivity index (χ1v) is 4.54. The van der Waals surface area contributed by atoms with Crippen molar-refractivity contribution < 1.29 is 0 Å². The van der Waals surface area contributed by atoms with E-state index in [-0.39, 0.29) is 0 Å². The molecule has 1 aromatic carbocycles. The van der Waals surface area contributed by atoms with Gasteiger partial charge >= 0.3 is 0 Å². The van der Waals surface area contributed by atoms with Crippen molar-refractivity contribution in [3.05, 3.63) is 35.9 Å². The summed E-state index contributed by atoms with van der Waals surface area (Å²) in [6.45, 7) is 1.99. The van der Waals surface area contributed by atoms with Crippen LogP contribution in [-0.4, -0.2) is 9.78 Å². The van der Waals surface area contributed by atoms with Crippen LogP contribution in [0.3, 0.4) is 0 Å². The molecule has 1 aromatic heterocycles. The Morgan fingerprint density at radius 3 is 2.36 bits per heavy atom. The number of rotatable bonds is 1. The average Bonchev–Trinajstić information content (AvgIpc) is 2.43. The van der Waals surface area contributed by atoms with Crippen LogP contribution in [-0.2, 0) is 7.05 Å². The van der Waals surface area contributed by atoms with Crippen molar-refractivity contribution in [2.24, 2.45) is 7.05 Å². The van der Waals surface area contributed by atoms with Gasteiger partial charge in [-0.2, -0.15) is 5.10 Å². The van der Waals surface area contributed by atoms with Gasteiger partial charge in [-0.1, -0.05) is 30.3 Å². The van der Waals surface area contributed by atoms with Crippen LogP contribution < -0.4 is 5.73 Å². The lowest BCUT2D eigenvalue weighted by atomic mass is 10.1. The third-order valence-corrected chi connectivity index (χ3v) is 2.37. The van der Waals surface area contributed by atoms with E-state index in [1.807, 2.05) is 36.9 Å². The van der Waals surface area contributed by atoms with Gasteiger partial charge in [-0.3, -0.25) is 4.68 Å². The van der Waals surface area contributed by atoms with Gasteiger partial charge < -0.3 is 5.73 Å². The number of benzene rings is 1. The number of hydrogen-bond donors (Lipinski definition) is 1. The molecule has 0 bridgehead atoms. The Kier molecular flexibility index (Phi) is 2.00. The average molecular weight is 187 g/mol. The molecule has 1 heterocycles. The fraction of sp³-hybridized carbons (Fsp3) is 0.182. The van der Waals surface area contributed by atoms with Crippen molar-refractivity contribution in [1.29, 1.82) is 0 Å². The fourth-order valence-electron chi connectivity index (χ4n) is 1.65. The van der Waals surface area contributed by atoms with Crippen LogP contribution in [0.2, 0.25) is 0 Å². The molecule has 0 fully saturated rings. The minimum absolute atomic E-state index is 0.603. The molecule has 3 heteroatoms. The molecule has 14 heavy (non-hydrogen) atoms. The van der Waals surface area contributed by atoms with Crippen molar-refractivity contribution >= 4 is 5.82 Å². The van der Waals surface area contributed by atoms with E-state index < -0.39 is 0 Å². The summed E-state index contributed by atoms with van der Waals surface area (Å²) in [5.41, 5.74) is 9.02. The Morgan fingerprint density at radius 1 is 1.21 bits per heavy atom. The van der Waals surface area contributed by atoms with Crippen LogP contribution in [0.1, 0.15) is 5.56 Å². The molecule has 0 atom stereocenters. The highest BCUT2D eigenvalue weighted by molar-refractivity contribution is 5.67. The first-order valence-electron chi connectivity index (χ1n) is 4.54. The maximum atomic E-state index is 5.75. The quantitative estimate of drug-likeness (QED) is 0.741. The van der Waals surface area contributed by atoms with E-state index in [4.69, 9.17) is 5.73 Å². The Bertz CT molecular complexity index is 443. The second-order valence-electron chi connectivity index (χ2n) is 3.35. The molecule has 0 aliphatic rings. The maximum Gasteiger partial charge on any atom is 0.148 e. The minimum Gasteiger partial charge on any atom is -0.382 e. The molecule has 0 saturated carbocycles. The molecule has 0 radical (unpaired) electrons. The van der Waals surface area contributed by atoms with Crippen molar-refractivity contribution in [3.8, 4) is 11.3 Å². The number of nitrogens with two attached hydrogens (primary N) is 1. The Morgan fingerprint density at radius 2 is 1.86 bits per heavy atom. The highest BCUT2D eigenvalue weighted by atomic mass is 15.3. The molecule has 0 unspecified atom stereocenters. The second kappa shape index (κ2) is 3.18. The smallest absolute Gasteiger partial charge is 0.148 e. The number of anilines is 1. The van der Waals surface area contributed by atoms with Gasteiger partial charge in [0, 0.05) is 18.2 Å². The summed E-state index contributed by atoms with van der Waals surface area (Å²) in [6, 6.07) is 10.1. The monoisotopic (exact) mass is 187 g/mol. The van der Waals surface area contributed by atoms with Gasteiger partial charge in [-0.25, -0.2) is 0 Å². The molecule has 2 aromatic rings. The van der Waals surface area contributed by atoms with Crippen molar-refractivity contribution in [3.63, 3.8) is 0 Å². The highest BCUT2D eigenvalue weighted by Gasteiger charge is 2.10. The van der Waals surface area contributed by atoms with Crippen molar-refractivity contribution in [2.45, 2.75) is 6.92 Å². The molecule has 0 saturated heterocycles. The fourth-order valence-corrected chi connectivity index (χ4v) is 1.65. The van der Waals surface area contributed by atoms with E-state index in [9.17, 15) is 0 Å². The second-order valence-corrected chi connectivity index (χ2v) is 3.35. The van der Waals surface area contributed by atoms with Gasteiger partial charge in [-0.05, 0) is 6.92 Å². The topological polar surface area (TPSA) is 43.8 Å². The lowest BCUT2D eigenvalue weighted by Gasteiger charge is -2.02. The van der Waals surface area contributed by atoms with Gasteiger partial charge in [-0.15, -0.1) is 0 Å². The number of nitrogen functional groups attached to an aromatic ring is 1. The molecule has 0 amide bonds. The van der Waals surface area contributed by atoms with Crippen molar-refractivity contribution in [1.82, 2.24) is 9.78 Å². The number of nitrogens with zero attached hydrogens (tertiary/aromatic N) is 2. The summed E-state index contributed by atoms with van der Waals surface area (Å²) in [5.74, 6) is 0.603. The maximum absolute atomic E-state index is 5.75. The summed E-state index contributed by atoms with van der Waals surface area (Å²) in [6.07, 6.45) is 0. The molecule has 3 nitrogen and oxygen atoms in total. The zero-order valence-corrected chi connectivity index (χ0v) is 8.36. The largest absolute Gasteiger partial charge is 0.382 e. The van der Waals surface area contributed by atoms with E-state index in [1.165, 1.54) is 0 Å². The van der Waals surface area contributed by atoms with Crippen LogP contribution in [0.15, 0.2) is 30.3 Å². The Balaban J connectivity index is 2.62. The summed E-state index contributed by atoms with van der Waals surface area (Å²) < 4.78 is 1.82. The van der Waals surface area contributed by atoms with E-state index in [0.717, 1.165) is 16.8 Å². The summed E-state index contributed by atoms with van der Waals surface area (Å²) in [5, 5.41) is 4.18. The molecule has 2 N–H and O–H groups in total. The Labute approximate surface area is 83.2 Å². The van der Waals surface area contributed by atoms with E-state index in [0.29, 0.717) is 5.82 Å². The van der Waals surface area contributed by atoms with Gasteiger partial charge in [0.2, 0.25) is 0 Å². The van der Waals surface area contributed by atoms with Gasteiger partial charge in [0.1, 0.15) is 5.82 Å². The first-order chi connectivity index (χ1) is 6.70. The van der Waals surface area contributed by atoms with E-state index >= 15 is 0 Å². The first kappa shape index (κ1) is 8.81. The number of aromatic nitrogens is 2. The van der Waals surface area contributed by atoms with Crippen LogP contribution >= 0.6 is 0 Å². The minimum atomic E-state index is 0.603. The zero-order chi connectivity index (χ0) is 10.1. The van der Waals surface area contributed by atoms with Gasteiger partial charge in [0.25, 0.3) is 0 Å². The predicted octanol–water partition coefficient (Wildman–Crippen LogP) is 1.98. The predicted molar refractivity (Wildman–Crippen MR) is 57.8 cm³/mol. The normalized spacial score (nSPS) is 10.4. The van der Waals surface area contributed by atoms with Crippen LogP contribution in [0, 0.1) is 6.92 Å². The molecule has 0 aliphatic carbocycles. The molecule has 0 spiro atoms. The molecular formula is C11H13N3. The molecule has 72 valence electrons. The summed E-state index contributed by atoms with van der Waals surface area (Å²) in [4.78, 5) is 0.